The van der Waals surface area contributed by atoms with Crippen LogP contribution in [-0.4, -0.2) is 34.6 Å². The molecule has 0 aliphatic carbocycles. The second-order valence-electron chi connectivity index (χ2n) is 4.18. The van der Waals surface area contributed by atoms with Crippen LogP contribution in [0.4, 0.5) is 0 Å². The first-order chi connectivity index (χ1) is 8.58. The van der Waals surface area contributed by atoms with Gasteiger partial charge >= 0.3 is 5.97 Å². The van der Waals surface area contributed by atoms with Crippen LogP contribution in [0.2, 0.25) is 0 Å². The summed E-state index contributed by atoms with van der Waals surface area (Å²) in [6, 6.07) is -0.120. The third-order valence-electron chi connectivity index (χ3n) is 2.83. The van der Waals surface area contributed by atoms with Gasteiger partial charge in [0.2, 0.25) is 5.91 Å². The number of thiazole rings is 1. The van der Waals surface area contributed by atoms with Gasteiger partial charge in [-0.3, -0.25) is 4.79 Å². The van der Waals surface area contributed by atoms with Gasteiger partial charge in [0.25, 0.3) is 0 Å². The first-order valence-electron chi connectivity index (χ1n) is 5.78. The Labute approximate surface area is 108 Å². The van der Waals surface area contributed by atoms with Crippen molar-refractivity contribution in [1.29, 1.82) is 0 Å². The van der Waals surface area contributed by atoms with Gasteiger partial charge in [0.1, 0.15) is 5.01 Å². The third-order valence-corrected chi connectivity index (χ3v) is 3.80. The summed E-state index contributed by atoms with van der Waals surface area (Å²) in [6.07, 6.45) is 1.86. The Morgan fingerprint density at radius 1 is 1.61 bits per heavy atom. The van der Waals surface area contributed by atoms with Crippen molar-refractivity contribution in [2.24, 2.45) is 0 Å². The van der Waals surface area contributed by atoms with E-state index >= 15 is 0 Å². The molecule has 1 aromatic rings. The molecule has 1 unspecified atom stereocenters. The zero-order valence-electron chi connectivity index (χ0n) is 10.0. The molecule has 0 radical (unpaired) electrons. The second kappa shape index (κ2) is 5.45. The number of amides is 1. The molecule has 1 amide bonds. The standard InChI is InChI=1S/C11H15N3O3S/c1-6-9(11(16)17)14-8(18-6)5-13-10(15)7-3-2-4-12-7/h7,12H,2-5H2,1H3,(H,13,15)(H,16,17). The molecule has 1 saturated heterocycles. The van der Waals surface area contributed by atoms with E-state index in [-0.39, 0.29) is 24.2 Å². The Morgan fingerprint density at radius 2 is 2.39 bits per heavy atom. The Bertz CT molecular complexity index is 466. The van der Waals surface area contributed by atoms with Crippen molar-refractivity contribution in [2.45, 2.75) is 32.4 Å². The molecule has 1 aliphatic heterocycles. The largest absolute Gasteiger partial charge is 0.476 e. The number of rotatable bonds is 4. The summed E-state index contributed by atoms with van der Waals surface area (Å²) in [4.78, 5) is 27.2. The van der Waals surface area contributed by atoms with E-state index in [1.807, 2.05) is 0 Å². The topological polar surface area (TPSA) is 91.3 Å². The number of carboxylic acids is 1. The molecule has 7 heteroatoms. The lowest BCUT2D eigenvalue weighted by molar-refractivity contribution is -0.122. The second-order valence-corrected chi connectivity index (χ2v) is 5.47. The molecule has 6 nitrogen and oxygen atoms in total. The van der Waals surface area contributed by atoms with Crippen molar-refractivity contribution in [2.75, 3.05) is 6.54 Å². The minimum Gasteiger partial charge on any atom is -0.476 e. The van der Waals surface area contributed by atoms with Crippen LogP contribution < -0.4 is 10.6 Å². The highest BCUT2D eigenvalue weighted by molar-refractivity contribution is 7.11. The molecule has 1 atom stereocenters. The van der Waals surface area contributed by atoms with Crippen molar-refractivity contribution in [3.8, 4) is 0 Å². The van der Waals surface area contributed by atoms with E-state index in [9.17, 15) is 9.59 Å². The lowest BCUT2D eigenvalue weighted by Crippen LogP contribution is -2.39. The van der Waals surface area contributed by atoms with Crippen molar-refractivity contribution < 1.29 is 14.7 Å². The molecule has 1 aromatic heterocycles. The first-order valence-corrected chi connectivity index (χ1v) is 6.60. The van der Waals surface area contributed by atoms with Crippen LogP contribution in [0, 0.1) is 6.92 Å². The van der Waals surface area contributed by atoms with Gasteiger partial charge in [0.05, 0.1) is 12.6 Å². The van der Waals surface area contributed by atoms with Crippen LogP contribution >= 0.6 is 11.3 Å². The molecule has 0 aromatic carbocycles. The molecule has 98 valence electrons. The normalized spacial score (nSPS) is 18.8. The number of hydrogen-bond acceptors (Lipinski definition) is 5. The van der Waals surface area contributed by atoms with E-state index in [1.165, 1.54) is 11.3 Å². The van der Waals surface area contributed by atoms with Crippen molar-refractivity contribution in [3.05, 3.63) is 15.6 Å². The number of carbonyl (C=O) groups excluding carboxylic acids is 1. The number of nitrogens with one attached hydrogen (secondary N) is 2. The fraction of sp³-hybridized carbons (Fsp3) is 0.545. The lowest BCUT2D eigenvalue weighted by Gasteiger charge is -2.09. The van der Waals surface area contributed by atoms with Crippen LogP contribution in [-0.2, 0) is 11.3 Å². The number of carboxylic acid groups (broad SMARTS) is 1. The number of nitrogens with zero attached hydrogens (tertiary/aromatic N) is 1. The van der Waals surface area contributed by atoms with Gasteiger partial charge in [0, 0.05) is 4.88 Å². The zero-order chi connectivity index (χ0) is 13.1. The zero-order valence-corrected chi connectivity index (χ0v) is 10.8. The van der Waals surface area contributed by atoms with E-state index in [0.717, 1.165) is 19.4 Å². The number of aromatic nitrogens is 1. The number of aromatic carboxylic acids is 1. The smallest absolute Gasteiger partial charge is 0.355 e. The van der Waals surface area contributed by atoms with E-state index in [2.05, 4.69) is 15.6 Å². The van der Waals surface area contributed by atoms with Crippen molar-refractivity contribution >= 4 is 23.2 Å². The Kier molecular flexibility index (Phi) is 3.93. The molecule has 18 heavy (non-hydrogen) atoms. The van der Waals surface area contributed by atoms with Gasteiger partial charge in [-0.2, -0.15) is 0 Å². The quantitative estimate of drug-likeness (QED) is 0.741. The van der Waals surface area contributed by atoms with E-state index in [0.29, 0.717) is 9.88 Å². The van der Waals surface area contributed by atoms with Gasteiger partial charge in [0.15, 0.2) is 5.69 Å². The van der Waals surface area contributed by atoms with E-state index in [4.69, 9.17) is 5.11 Å². The number of carbonyl (C=O) groups is 2. The van der Waals surface area contributed by atoms with Crippen molar-refractivity contribution in [1.82, 2.24) is 15.6 Å². The summed E-state index contributed by atoms with van der Waals surface area (Å²) in [5, 5.41) is 15.4. The van der Waals surface area contributed by atoms with E-state index < -0.39 is 5.97 Å². The molecule has 2 heterocycles. The van der Waals surface area contributed by atoms with Crippen LogP contribution in [0.1, 0.15) is 33.2 Å². The fourth-order valence-electron chi connectivity index (χ4n) is 1.92. The van der Waals surface area contributed by atoms with Gasteiger partial charge in [-0.05, 0) is 26.3 Å². The average Bonchev–Trinajstić information content (AvgIpc) is 2.94. The fourth-order valence-corrected chi connectivity index (χ4v) is 2.78. The Balaban J connectivity index is 1.91. The molecule has 0 spiro atoms. The Morgan fingerprint density at radius 3 is 2.94 bits per heavy atom. The number of hydrogen-bond donors (Lipinski definition) is 3. The van der Waals surface area contributed by atoms with Gasteiger partial charge in [-0.25, -0.2) is 9.78 Å². The van der Waals surface area contributed by atoms with E-state index in [1.54, 1.807) is 6.92 Å². The summed E-state index contributed by atoms with van der Waals surface area (Å²) in [5.74, 6) is -1.07. The molecule has 2 rings (SSSR count). The maximum absolute atomic E-state index is 11.7. The number of aryl methyl sites for hydroxylation is 1. The predicted octanol–water partition coefficient (Wildman–Crippen LogP) is 0.518. The van der Waals surface area contributed by atoms with Crippen LogP contribution in [0.5, 0.6) is 0 Å². The molecular weight excluding hydrogens is 254 g/mol. The maximum Gasteiger partial charge on any atom is 0.355 e. The predicted molar refractivity (Wildman–Crippen MR) is 66.7 cm³/mol. The summed E-state index contributed by atoms with van der Waals surface area (Å²) in [7, 11) is 0. The molecule has 0 saturated carbocycles. The molecule has 3 N–H and O–H groups in total. The monoisotopic (exact) mass is 269 g/mol. The van der Waals surface area contributed by atoms with Crippen LogP contribution in [0.15, 0.2) is 0 Å². The third kappa shape index (κ3) is 2.85. The highest BCUT2D eigenvalue weighted by Crippen LogP contribution is 2.17. The molecule has 1 fully saturated rings. The van der Waals surface area contributed by atoms with Crippen LogP contribution in [0.3, 0.4) is 0 Å². The highest BCUT2D eigenvalue weighted by atomic mass is 32.1. The summed E-state index contributed by atoms with van der Waals surface area (Å²) < 4.78 is 0. The summed E-state index contributed by atoms with van der Waals surface area (Å²) in [5.41, 5.74) is 0.0724. The Hall–Kier alpha value is -1.47. The molecule has 1 aliphatic rings. The minimum atomic E-state index is -1.03. The molecular formula is C11H15N3O3S. The lowest BCUT2D eigenvalue weighted by atomic mass is 10.2. The van der Waals surface area contributed by atoms with Crippen LogP contribution in [0.25, 0.3) is 0 Å². The summed E-state index contributed by atoms with van der Waals surface area (Å²) in [6.45, 7) is 2.87. The highest BCUT2D eigenvalue weighted by Gasteiger charge is 2.22. The minimum absolute atomic E-state index is 0.0442. The SMILES string of the molecule is Cc1sc(CNC(=O)C2CCCN2)nc1C(=O)O. The van der Waals surface area contributed by atoms with Gasteiger partial charge in [-0.1, -0.05) is 0 Å². The van der Waals surface area contributed by atoms with Crippen molar-refractivity contribution in [3.63, 3.8) is 0 Å². The van der Waals surface area contributed by atoms with Gasteiger partial charge < -0.3 is 15.7 Å². The first kappa shape index (κ1) is 13.0. The maximum atomic E-state index is 11.7. The molecule has 0 bridgehead atoms. The van der Waals surface area contributed by atoms with Gasteiger partial charge in [-0.15, -0.1) is 11.3 Å². The average molecular weight is 269 g/mol. The summed E-state index contributed by atoms with van der Waals surface area (Å²) >= 11 is 1.30.